The topological polar surface area (TPSA) is 35.9 Å². The van der Waals surface area contributed by atoms with Crippen molar-refractivity contribution in [1.82, 2.24) is 9.80 Å². The van der Waals surface area contributed by atoms with Crippen LogP contribution in [0.5, 0.6) is 0 Å². The van der Waals surface area contributed by atoms with Gasteiger partial charge in [0.15, 0.2) is 0 Å². The zero-order chi connectivity index (χ0) is 19.7. The SMILES string of the molecule is CCN1CCC2(CC1)N=C(c1ccccc1)C(=S)N2C(=O)c1ccc(F)cc1. The van der Waals surface area contributed by atoms with Crippen LogP contribution in [-0.2, 0) is 0 Å². The second kappa shape index (κ2) is 7.53. The van der Waals surface area contributed by atoms with E-state index in [0.29, 0.717) is 16.3 Å². The molecule has 1 amide bonds. The molecule has 0 saturated carbocycles. The standard InChI is InChI=1S/C22H22FN3OS/c1-2-25-14-12-22(13-15-25)24-19(16-6-4-3-5-7-16)21(28)26(22)20(27)17-8-10-18(23)11-9-17/h3-11H,2,12-15H2,1H3. The summed E-state index contributed by atoms with van der Waals surface area (Å²) in [7, 11) is 0. The van der Waals surface area contributed by atoms with E-state index in [4.69, 9.17) is 17.2 Å². The van der Waals surface area contributed by atoms with Gasteiger partial charge < -0.3 is 4.90 Å². The van der Waals surface area contributed by atoms with Crippen LogP contribution in [0.2, 0.25) is 0 Å². The van der Waals surface area contributed by atoms with E-state index < -0.39 is 5.66 Å². The Bertz CT molecular complexity index is 919. The summed E-state index contributed by atoms with van der Waals surface area (Å²) in [6, 6.07) is 15.4. The van der Waals surface area contributed by atoms with Gasteiger partial charge in [0.2, 0.25) is 0 Å². The highest BCUT2D eigenvalue weighted by molar-refractivity contribution is 7.82. The Morgan fingerprint density at radius 3 is 2.36 bits per heavy atom. The van der Waals surface area contributed by atoms with Gasteiger partial charge in [-0.1, -0.05) is 49.5 Å². The van der Waals surface area contributed by atoms with Gasteiger partial charge in [0.1, 0.15) is 22.2 Å². The third kappa shape index (κ3) is 3.27. The van der Waals surface area contributed by atoms with Gasteiger partial charge in [0.05, 0.1) is 0 Å². The first kappa shape index (κ1) is 18.9. The average Bonchev–Trinajstić information content (AvgIpc) is 3.01. The van der Waals surface area contributed by atoms with Crippen molar-refractivity contribution in [2.45, 2.75) is 25.4 Å². The zero-order valence-corrected chi connectivity index (χ0v) is 16.6. The van der Waals surface area contributed by atoms with Crippen LogP contribution in [0.1, 0.15) is 35.7 Å². The quantitative estimate of drug-likeness (QED) is 0.740. The molecular weight excluding hydrogens is 373 g/mol. The van der Waals surface area contributed by atoms with Crippen LogP contribution in [0.25, 0.3) is 0 Å². The summed E-state index contributed by atoms with van der Waals surface area (Å²) in [5, 5.41) is 0. The molecular formula is C22H22FN3OS. The maximum Gasteiger partial charge on any atom is 0.260 e. The summed E-state index contributed by atoms with van der Waals surface area (Å²) in [6.45, 7) is 4.83. The van der Waals surface area contributed by atoms with Crippen LogP contribution in [0.3, 0.4) is 0 Å². The molecule has 0 aliphatic carbocycles. The summed E-state index contributed by atoms with van der Waals surface area (Å²) in [5.74, 6) is -0.586. The van der Waals surface area contributed by atoms with Crippen LogP contribution in [-0.4, -0.2) is 51.7 Å². The molecule has 1 fully saturated rings. The maximum atomic E-state index is 13.4. The molecule has 0 unspecified atom stereocenters. The average molecular weight is 396 g/mol. The van der Waals surface area contributed by atoms with Gasteiger partial charge in [-0.2, -0.15) is 0 Å². The summed E-state index contributed by atoms with van der Waals surface area (Å²) in [6.07, 6.45) is 1.45. The largest absolute Gasteiger partial charge is 0.303 e. The Hall–Kier alpha value is -2.44. The smallest absolute Gasteiger partial charge is 0.260 e. The van der Waals surface area contributed by atoms with Crippen molar-refractivity contribution in [2.75, 3.05) is 19.6 Å². The lowest BCUT2D eigenvalue weighted by molar-refractivity contribution is 0.0544. The van der Waals surface area contributed by atoms with Crippen LogP contribution < -0.4 is 0 Å². The number of hydrogen-bond acceptors (Lipinski definition) is 4. The molecule has 0 radical (unpaired) electrons. The normalized spacial score (nSPS) is 19.1. The lowest BCUT2D eigenvalue weighted by atomic mass is 9.95. The molecule has 2 aliphatic rings. The Kier molecular flexibility index (Phi) is 5.08. The molecule has 2 aromatic carbocycles. The molecule has 0 N–H and O–H groups in total. The number of thiocarbonyl (C=S) groups is 1. The second-order valence-corrected chi connectivity index (χ2v) is 7.58. The molecule has 2 aliphatic heterocycles. The molecule has 6 heteroatoms. The number of nitrogens with zero attached hydrogens (tertiary/aromatic N) is 3. The summed E-state index contributed by atoms with van der Waals surface area (Å²) >= 11 is 5.74. The van der Waals surface area contributed by atoms with Crippen LogP contribution >= 0.6 is 12.2 Å². The number of piperidine rings is 1. The van der Waals surface area contributed by atoms with E-state index in [1.54, 1.807) is 4.90 Å². The molecule has 1 spiro atoms. The molecule has 2 heterocycles. The van der Waals surface area contributed by atoms with Gasteiger partial charge in [-0.05, 0) is 30.8 Å². The van der Waals surface area contributed by atoms with Crippen molar-refractivity contribution in [3.8, 4) is 0 Å². The molecule has 0 atom stereocenters. The molecule has 28 heavy (non-hydrogen) atoms. The fourth-order valence-corrected chi connectivity index (χ4v) is 4.37. The second-order valence-electron chi connectivity index (χ2n) is 7.20. The Morgan fingerprint density at radius 2 is 1.75 bits per heavy atom. The number of rotatable bonds is 3. The van der Waals surface area contributed by atoms with Crippen LogP contribution in [0, 0.1) is 5.82 Å². The number of carbonyl (C=O) groups excluding carboxylic acids is 1. The van der Waals surface area contributed by atoms with Crippen molar-refractivity contribution in [3.63, 3.8) is 0 Å². The molecule has 1 saturated heterocycles. The van der Waals surface area contributed by atoms with Gasteiger partial charge >= 0.3 is 0 Å². The number of benzene rings is 2. The van der Waals surface area contributed by atoms with Crippen molar-refractivity contribution in [3.05, 3.63) is 71.5 Å². The lowest BCUT2D eigenvalue weighted by Gasteiger charge is -2.42. The van der Waals surface area contributed by atoms with Crippen molar-refractivity contribution >= 4 is 28.8 Å². The van der Waals surface area contributed by atoms with Crippen molar-refractivity contribution in [1.29, 1.82) is 0 Å². The van der Waals surface area contributed by atoms with Gasteiger partial charge in [-0.15, -0.1) is 0 Å². The van der Waals surface area contributed by atoms with Crippen molar-refractivity contribution in [2.24, 2.45) is 4.99 Å². The van der Waals surface area contributed by atoms with E-state index in [1.807, 2.05) is 30.3 Å². The fourth-order valence-electron chi connectivity index (χ4n) is 3.95. The lowest BCUT2D eigenvalue weighted by Crippen LogP contribution is -2.55. The van der Waals surface area contributed by atoms with E-state index in [0.717, 1.165) is 38.0 Å². The van der Waals surface area contributed by atoms with Crippen LogP contribution in [0.15, 0.2) is 59.6 Å². The van der Waals surface area contributed by atoms with Crippen molar-refractivity contribution < 1.29 is 9.18 Å². The molecule has 2 aromatic rings. The predicted molar refractivity (Wildman–Crippen MR) is 112 cm³/mol. The number of hydrogen-bond donors (Lipinski definition) is 0. The van der Waals surface area contributed by atoms with Gasteiger partial charge in [-0.25, -0.2) is 4.39 Å². The number of halogens is 1. The molecule has 4 nitrogen and oxygen atoms in total. The molecule has 4 rings (SSSR count). The summed E-state index contributed by atoms with van der Waals surface area (Å²) in [5.41, 5.74) is 1.36. The van der Waals surface area contributed by atoms with E-state index in [9.17, 15) is 9.18 Å². The zero-order valence-electron chi connectivity index (χ0n) is 15.8. The van der Waals surface area contributed by atoms with Gasteiger partial charge in [0, 0.05) is 37.1 Å². The van der Waals surface area contributed by atoms with Crippen LogP contribution in [0.4, 0.5) is 4.39 Å². The fraction of sp³-hybridized carbons (Fsp3) is 0.318. The van der Waals surface area contributed by atoms with Gasteiger partial charge in [-0.3, -0.25) is 14.7 Å². The minimum absolute atomic E-state index is 0.218. The highest BCUT2D eigenvalue weighted by atomic mass is 32.1. The Labute approximate surface area is 169 Å². The number of aliphatic imine (C=N–C) groups is 1. The number of amides is 1. The van der Waals surface area contributed by atoms with Gasteiger partial charge in [0.25, 0.3) is 5.91 Å². The third-order valence-corrected chi connectivity index (χ3v) is 5.96. The monoisotopic (exact) mass is 395 g/mol. The van der Waals surface area contributed by atoms with E-state index in [1.165, 1.54) is 24.3 Å². The Balaban J connectivity index is 1.74. The predicted octanol–water partition coefficient (Wildman–Crippen LogP) is 3.91. The third-order valence-electron chi connectivity index (χ3n) is 5.59. The first-order valence-corrected chi connectivity index (χ1v) is 9.97. The highest BCUT2D eigenvalue weighted by Gasteiger charge is 2.49. The maximum absolute atomic E-state index is 13.4. The number of likely N-dealkylation sites (tertiary alicyclic amines) is 1. The first-order chi connectivity index (χ1) is 13.5. The highest BCUT2D eigenvalue weighted by Crippen LogP contribution is 2.38. The molecule has 0 aromatic heterocycles. The summed E-state index contributed by atoms with van der Waals surface area (Å²) in [4.78, 5) is 22.9. The van der Waals surface area contributed by atoms with E-state index in [-0.39, 0.29) is 11.7 Å². The number of carbonyl (C=O) groups is 1. The molecule has 144 valence electrons. The minimum atomic E-state index is -0.667. The van der Waals surface area contributed by atoms with E-state index >= 15 is 0 Å². The Morgan fingerprint density at radius 1 is 1.11 bits per heavy atom. The first-order valence-electron chi connectivity index (χ1n) is 9.56. The summed E-state index contributed by atoms with van der Waals surface area (Å²) < 4.78 is 13.3. The minimum Gasteiger partial charge on any atom is -0.303 e. The van der Waals surface area contributed by atoms with E-state index in [2.05, 4.69) is 11.8 Å². The molecule has 0 bridgehead atoms.